The van der Waals surface area contributed by atoms with Gasteiger partial charge in [-0.1, -0.05) is 18.0 Å². The predicted octanol–water partition coefficient (Wildman–Crippen LogP) is 2.82. The van der Waals surface area contributed by atoms with Crippen LogP contribution in [0.25, 0.3) is 0 Å². The molecular formula is C13H16ClIN2O. The van der Waals surface area contributed by atoms with Gasteiger partial charge >= 0.3 is 0 Å². The van der Waals surface area contributed by atoms with E-state index in [0.29, 0.717) is 10.6 Å². The highest BCUT2D eigenvalue weighted by Gasteiger charge is 2.17. The molecule has 18 heavy (non-hydrogen) atoms. The summed E-state index contributed by atoms with van der Waals surface area (Å²) in [6.45, 7) is 1.89. The van der Waals surface area contributed by atoms with Gasteiger partial charge in [0.25, 0.3) is 5.91 Å². The van der Waals surface area contributed by atoms with Crippen molar-refractivity contribution in [2.24, 2.45) is 0 Å². The van der Waals surface area contributed by atoms with E-state index in [0.717, 1.165) is 29.5 Å². The lowest BCUT2D eigenvalue weighted by Crippen LogP contribution is -2.41. The molecule has 1 aromatic carbocycles. The van der Waals surface area contributed by atoms with Crippen LogP contribution in [-0.4, -0.2) is 25.0 Å². The molecule has 1 aliphatic rings. The molecule has 1 aliphatic heterocycles. The van der Waals surface area contributed by atoms with Crippen LogP contribution in [0.4, 0.5) is 0 Å². The first-order valence-electron chi connectivity index (χ1n) is 6.13. The first-order chi connectivity index (χ1) is 8.66. The molecule has 2 rings (SSSR count). The van der Waals surface area contributed by atoms with Gasteiger partial charge in [0, 0.05) is 21.2 Å². The Hall–Kier alpha value is -0.330. The average Bonchev–Trinajstić information content (AvgIpc) is 2.61. The van der Waals surface area contributed by atoms with Crippen LogP contribution in [-0.2, 0) is 0 Å². The Labute approximate surface area is 126 Å². The zero-order valence-corrected chi connectivity index (χ0v) is 12.9. The fraction of sp³-hybridized carbons (Fsp3) is 0.462. The molecule has 1 atom stereocenters. The van der Waals surface area contributed by atoms with Crippen molar-refractivity contribution in [3.63, 3.8) is 0 Å². The van der Waals surface area contributed by atoms with Gasteiger partial charge in [-0.2, -0.15) is 0 Å². The average molecular weight is 379 g/mol. The summed E-state index contributed by atoms with van der Waals surface area (Å²) < 4.78 is 0.927. The number of carbonyl (C=O) groups excluding carboxylic acids is 1. The summed E-state index contributed by atoms with van der Waals surface area (Å²) in [5, 5.41) is 7.01. The molecule has 2 N–H and O–H groups in total. The second-order valence-corrected chi connectivity index (χ2v) is 6.09. The van der Waals surface area contributed by atoms with Gasteiger partial charge < -0.3 is 10.6 Å². The summed E-state index contributed by atoms with van der Waals surface area (Å²) in [6, 6.07) is 5.61. The zero-order valence-electron chi connectivity index (χ0n) is 10.0. The summed E-state index contributed by atoms with van der Waals surface area (Å²) >= 11 is 8.09. The van der Waals surface area contributed by atoms with Gasteiger partial charge in [0.2, 0.25) is 0 Å². The number of hydrogen-bond acceptors (Lipinski definition) is 2. The van der Waals surface area contributed by atoms with Crippen LogP contribution in [0, 0.1) is 3.57 Å². The standard InChI is InChI=1S/C13H16ClIN2O/c14-9-4-5-12(15)11(7-9)13(18)17-10-3-1-2-6-16-8-10/h4-5,7,10,16H,1-3,6,8H2,(H,17,18). The Morgan fingerprint density at radius 3 is 3.11 bits per heavy atom. The normalized spacial score (nSPS) is 20.2. The number of rotatable bonds is 2. The first-order valence-corrected chi connectivity index (χ1v) is 7.59. The molecule has 5 heteroatoms. The smallest absolute Gasteiger partial charge is 0.252 e. The van der Waals surface area contributed by atoms with Gasteiger partial charge in [-0.3, -0.25) is 4.79 Å². The van der Waals surface area contributed by atoms with E-state index in [-0.39, 0.29) is 11.9 Å². The Bertz CT molecular complexity index is 431. The molecule has 0 aromatic heterocycles. The molecule has 1 fully saturated rings. The van der Waals surface area contributed by atoms with Crippen LogP contribution in [0.15, 0.2) is 18.2 Å². The highest BCUT2D eigenvalue weighted by atomic mass is 127. The zero-order chi connectivity index (χ0) is 13.0. The molecular weight excluding hydrogens is 363 g/mol. The van der Waals surface area contributed by atoms with E-state index >= 15 is 0 Å². The van der Waals surface area contributed by atoms with Gasteiger partial charge in [0.15, 0.2) is 0 Å². The number of hydrogen-bond donors (Lipinski definition) is 2. The maximum absolute atomic E-state index is 12.2. The molecule has 98 valence electrons. The number of benzene rings is 1. The molecule has 1 amide bonds. The molecule has 3 nitrogen and oxygen atoms in total. The third kappa shape index (κ3) is 3.83. The summed E-state index contributed by atoms with van der Waals surface area (Å²) in [4.78, 5) is 12.2. The molecule has 0 saturated carbocycles. The van der Waals surface area contributed by atoms with Gasteiger partial charge in [0.1, 0.15) is 0 Å². The van der Waals surface area contributed by atoms with E-state index < -0.39 is 0 Å². The van der Waals surface area contributed by atoms with Gasteiger partial charge in [-0.05, 0) is 60.2 Å². The molecule has 0 spiro atoms. The molecule has 1 heterocycles. The van der Waals surface area contributed by atoms with Crippen LogP contribution in [0.1, 0.15) is 29.6 Å². The lowest BCUT2D eigenvalue weighted by atomic mass is 10.1. The van der Waals surface area contributed by atoms with Crippen molar-refractivity contribution in [1.82, 2.24) is 10.6 Å². The van der Waals surface area contributed by atoms with Crippen LogP contribution in [0.2, 0.25) is 5.02 Å². The van der Waals surface area contributed by atoms with E-state index in [2.05, 4.69) is 33.2 Å². The van der Waals surface area contributed by atoms with Crippen molar-refractivity contribution in [3.8, 4) is 0 Å². The fourth-order valence-electron chi connectivity index (χ4n) is 2.08. The quantitative estimate of drug-likeness (QED) is 0.777. The van der Waals surface area contributed by atoms with Crippen molar-refractivity contribution in [2.45, 2.75) is 25.3 Å². The second-order valence-electron chi connectivity index (χ2n) is 4.49. The van der Waals surface area contributed by atoms with Crippen molar-refractivity contribution in [3.05, 3.63) is 32.4 Å². The Morgan fingerprint density at radius 2 is 2.28 bits per heavy atom. The van der Waals surface area contributed by atoms with Gasteiger partial charge in [-0.25, -0.2) is 0 Å². The summed E-state index contributed by atoms with van der Waals surface area (Å²) in [7, 11) is 0. The van der Waals surface area contributed by atoms with Crippen molar-refractivity contribution < 1.29 is 4.79 Å². The van der Waals surface area contributed by atoms with E-state index in [9.17, 15) is 4.79 Å². The molecule has 1 saturated heterocycles. The maximum atomic E-state index is 12.2. The summed E-state index contributed by atoms with van der Waals surface area (Å²) in [5.41, 5.74) is 0.660. The van der Waals surface area contributed by atoms with E-state index in [4.69, 9.17) is 11.6 Å². The van der Waals surface area contributed by atoms with E-state index in [1.54, 1.807) is 12.1 Å². The van der Waals surface area contributed by atoms with Crippen LogP contribution in [0.3, 0.4) is 0 Å². The third-order valence-corrected chi connectivity index (χ3v) is 4.23. The SMILES string of the molecule is O=C(NC1CCCCNC1)c1cc(Cl)ccc1I. The van der Waals surface area contributed by atoms with Crippen molar-refractivity contribution >= 4 is 40.1 Å². The largest absolute Gasteiger partial charge is 0.348 e. The Kier molecular flexibility index (Phi) is 5.26. The third-order valence-electron chi connectivity index (χ3n) is 3.06. The molecule has 1 aromatic rings. The van der Waals surface area contributed by atoms with Gasteiger partial charge in [-0.15, -0.1) is 0 Å². The minimum Gasteiger partial charge on any atom is -0.348 e. The molecule has 0 bridgehead atoms. The highest BCUT2D eigenvalue weighted by molar-refractivity contribution is 14.1. The fourth-order valence-corrected chi connectivity index (χ4v) is 2.83. The van der Waals surface area contributed by atoms with Crippen molar-refractivity contribution in [2.75, 3.05) is 13.1 Å². The Morgan fingerprint density at radius 1 is 1.44 bits per heavy atom. The van der Waals surface area contributed by atoms with Crippen LogP contribution < -0.4 is 10.6 Å². The molecule has 0 aliphatic carbocycles. The Balaban J connectivity index is 2.04. The van der Waals surface area contributed by atoms with Gasteiger partial charge in [0.05, 0.1) is 5.56 Å². The second kappa shape index (κ2) is 6.73. The minimum atomic E-state index is -0.0319. The van der Waals surface area contributed by atoms with Crippen LogP contribution in [0.5, 0.6) is 0 Å². The lowest BCUT2D eigenvalue weighted by molar-refractivity contribution is 0.0934. The molecule has 1 unspecified atom stereocenters. The predicted molar refractivity (Wildman–Crippen MR) is 82.1 cm³/mol. The topological polar surface area (TPSA) is 41.1 Å². The first kappa shape index (κ1) is 14.1. The number of carbonyl (C=O) groups is 1. The maximum Gasteiger partial charge on any atom is 0.252 e. The number of nitrogens with one attached hydrogen (secondary N) is 2. The van der Waals surface area contributed by atoms with Crippen molar-refractivity contribution in [1.29, 1.82) is 0 Å². The van der Waals surface area contributed by atoms with Crippen LogP contribution >= 0.6 is 34.2 Å². The molecule has 0 radical (unpaired) electrons. The lowest BCUT2D eigenvalue weighted by Gasteiger charge is -2.17. The van der Waals surface area contributed by atoms with E-state index in [1.807, 2.05) is 6.07 Å². The number of amides is 1. The highest BCUT2D eigenvalue weighted by Crippen LogP contribution is 2.18. The summed E-state index contributed by atoms with van der Waals surface area (Å²) in [6.07, 6.45) is 3.38. The monoisotopic (exact) mass is 378 g/mol. The number of halogens is 2. The summed E-state index contributed by atoms with van der Waals surface area (Å²) in [5.74, 6) is -0.0319. The minimum absolute atomic E-state index is 0.0319. The van der Waals surface area contributed by atoms with E-state index in [1.165, 1.54) is 6.42 Å².